The summed E-state index contributed by atoms with van der Waals surface area (Å²) in [6.07, 6.45) is 3.80. The largest absolute Gasteiger partial charge is 0.619 e. The Kier molecular flexibility index (Phi) is 11.8. The van der Waals surface area contributed by atoms with Gasteiger partial charge in [0.05, 0.1) is 20.6 Å². The topological polar surface area (TPSA) is 113 Å². The maximum absolute atomic E-state index is 13.5. The van der Waals surface area contributed by atoms with Crippen LogP contribution in [-0.4, -0.2) is 56.8 Å². The van der Waals surface area contributed by atoms with Crippen molar-refractivity contribution in [2.24, 2.45) is 5.92 Å². The summed E-state index contributed by atoms with van der Waals surface area (Å²) in [5, 5.41) is 15.6. The summed E-state index contributed by atoms with van der Waals surface area (Å²) in [6, 6.07) is 18.0. The van der Waals surface area contributed by atoms with Crippen molar-refractivity contribution in [3.63, 3.8) is 0 Å². The maximum atomic E-state index is 13.5. The first-order chi connectivity index (χ1) is 24.2. The minimum atomic E-state index is -0.797. The molecule has 4 aromatic rings. The Hall–Kier alpha value is -3.87. The third kappa shape index (κ3) is 8.70. The fourth-order valence-corrected chi connectivity index (χ4v) is 8.15. The quantitative estimate of drug-likeness (QED) is 0.0912. The number of thiophene rings is 1. The molecule has 0 amide bonds. The van der Waals surface area contributed by atoms with Crippen molar-refractivity contribution in [3.8, 4) is 11.5 Å². The highest BCUT2D eigenvalue weighted by molar-refractivity contribution is 7.12. The monoisotopic (exact) mass is 739 g/mol. The number of halogens is 2. The number of ether oxygens (including phenoxy) is 4. The van der Waals surface area contributed by atoms with Crippen LogP contribution in [0, 0.1) is 11.1 Å². The number of carbonyl (C=O) groups is 2. The van der Waals surface area contributed by atoms with Crippen molar-refractivity contribution in [1.82, 2.24) is 10.2 Å². The Bertz CT molecular complexity index is 1780. The average Bonchev–Trinajstić information content (AvgIpc) is 3.56. The second kappa shape index (κ2) is 16.4. The van der Waals surface area contributed by atoms with Gasteiger partial charge in [0, 0.05) is 34.8 Å². The molecule has 1 N–H and O–H groups in total. The van der Waals surface area contributed by atoms with E-state index in [2.05, 4.69) is 10.2 Å². The lowest BCUT2D eigenvalue weighted by atomic mass is 9.86. The smallest absolute Gasteiger partial charge is 0.328 e. The van der Waals surface area contributed by atoms with Gasteiger partial charge in [0.1, 0.15) is 28.3 Å². The summed E-state index contributed by atoms with van der Waals surface area (Å²) in [4.78, 5) is 31.1. The Morgan fingerprint density at radius 2 is 1.66 bits per heavy atom. The molecule has 10 nitrogen and oxygen atoms in total. The molecule has 0 spiro atoms. The van der Waals surface area contributed by atoms with Crippen molar-refractivity contribution < 1.29 is 33.3 Å². The highest BCUT2D eigenvalue weighted by Crippen LogP contribution is 2.36. The molecule has 2 bridgehead atoms. The number of piperidine rings is 3. The molecule has 1 unspecified atom stereocenters. The lowest BCUT2D eigenvalue weighted by molar-refractivity contribution is -0.605. The van der Waals surface area contributed by atoms with Gasteiger partial charge in [-0.3, -0.25) is 15.0 Å². The van der Waals surface area contributed by atoms with E-state index in [1.54, 1.807) is 18.2 Å². The number of hydrogen-bond acceptors (Lipinski definition) is 10. The molecule has 2 aromatic carbocycles. The van der Waals surface area contributed by atoms with Gasteiger partial charge < -0.3 is 24.2 Å². The van der Waals surface area contributed by atoms with E-state index < -0.39 is 18.1 Å². The molecule has 0 radical (unpaired) electrons. The van der Waals surface area contributed by atoms with E-state index in [1.807, 2.05) is 42.5 Å². The first-order valence-electron chi connectivity index (χ1n) is 16.5. The highest BCUT2D eigenvalue weighted by atomic mass is 35.5. The van der Waals surface area contributed by atoms with E-state index in [4.69, 9.17) is 42.1 Å². The van der Waals surface area contributed by atoms with Crippen molar-refractivity contribution in [3.05, 3.63) is 115 Å². The van der Waals surface area contributed by atoms with Crippen LogP contribution in [0.4, 0.5) is 0 Å². The van der Waals surface area contributed by atoms with E-state index in [1.165, 1.54) is 38.0 Å². The zero-order valence-electron chi connectivity index (χ0n) is 27.8. The molecule has 3 fully saturated rings. The molecule has 3 aliphatic rings. The van der Waals surface area contributed by atoms with Gasteiger partial charge >= 0.3 is 11.9 Å². The Balaban J connectivity index is 1.13. The summed E-state index contributed by atoms with van der Waals surface area (Å²) in [6.45, 7) is 3.35. The van der Waals surface area contributed by atoms with Gasteiger partial charge in [-0.05, 0) is 67.2 Å². The van der Waals surface area contributed by atoms with Gasteiger partial charge in [-0.15, -0.1) is 11.3 Å². The molecule has 3 aliphatic heterocycles. The molecule has 13 heteroatoms. The van der Waals surface area contributed by atoms with Crippen LogP contribution in [0.3, 0.4) is 0 Å². The first kappa shape index (κ1) is 35.9. The number of benzene rings is 2. The number of pyridine rings is 1. The van der Waals surface area contributed by atoms with Crippen molar-refractivity contribution in [2.45, 2.75) is 50.5 Å². The summed E-state index contributed by atoms with van der Waals surface area (Å²) in [7, 11) is 3.06. The summed E-state index contributed by atoms with van der Waals surface area (Å²) in [5.41, 5.74) is 1.94. The molecule has 3 saturated heterocycles. The van der Waals surface area contributed by atoms with E-state index in [-0.39, 0.29) is 35.0 Å². The van der Waals surface area contributed by atoms with Gasteiger partial charge in [0.2, 0.25) is 0 Å². The maximum Gasteiger partial charge on any atom is 0.328 e. The van der Waals surface area contributed by atoms with E-state index in [0.29, 0.717) is 39.8 Å². The minimum absolute atomic E-state index is 0.0228. The zero-order valence-corrected chi connectivity index (χ0v) is 30.1. The standard InChI is InChI=1S/C37H39Cl2N3O7S/c1-46-31-11-8-25(16-33(31)47-2)32(18-28-29(38)20-42(45)21-30(28)39)48-35(43)17-26-9-10-27(50-26)19-40-36(24-6-4-3-5-7-24)37(44)49-34-22-41-14-12-23(34)13-15-41/h3-11,16,20-21,23,32,34,36,40H,12-15,17-19,22H2,1-2H3/t32-,34-,36?/m0/s1. The Morgan fingerprint density at radius 1 is 0.960 bits per heavy atom. The van der Waals surface area contributed by atoms with Gasteiger partial charge in [-0.1, -0.05) is 59.6 Å². The van der Waals surface area contributed by atoms with Gasteiger partial charge in [0.25, 0.3) is 0 Å². The number of nitrogens with zero attached hydrogens (tertiary/aromatic N) is 2. The fourth-order valence-electron chi connectivity index (χ4n) is 6.59. The van der Waals surface area contributed by atoms with Crippen LogP contribution in [0.5, 0.6) is 11.5 Å². The van der Waals surface area contributed by atoms with Gasteiger partial charge in [-0.25, -0.2) is 4.79 Å². The van der Waals surface area contributed by atoms with Crippen LogP contribution >= 0.6 is 34.5 Å². The second-order valence-corrected chi connectivity index (χ2v) is 14.5. The van der Waals surface area contributed by atoms with Gasteiger partial charge in [0.15, 0.2) is 23.9 Å². The SMILES string of the molecule is COc1ccc([C@H](Cc2c(Cl)c[n+]([O-])cc2Cl)OC(=O)Cc2ccc(CNC(C(=O)O[C@H]3CN4CCC3CC4)c3ccccc3)s2)cc1OC. The van der Waals surface area contributed by atoms with Gasteiger partial charge in [-0.2, -0.15) is 4.73 Å². The lowest BCUT2D eigenvalue weighted by Gasteiger charge is -2.44. The number of aromatic nitrogens is 1. The third-order valence-corrected chi connectivity index (χ3v) is 11.0. The molecule has 2 aromatic heterocycles. The summed E-state index contributed by atoms with van der Waals surface area (Å²) >= 11 is 14.2. The van der Waals surface area contributed by atoms with Crippen molar-refractivity contribution >= 4 is 46.5 Å². The predicted molar refractivity (Wildman–Crippen MR) is 191 cm³/mol. The van der Waals surface area contributed by atoms with E-state index >= 15 is 0 Å². The molecule has 0 saturated carbocycles. The Morgan fingerprint density at radius 3 is 2.32 bits per heavy atom. The van der Waals surface area contributed by atoms with Crippen LogP contribution in [0.25, 0.3) is 0 Å². The summed E-state index contributed by atoms with van der Waals surface area (Å²) in [5.74, 6) is 0.658. The molecular formula is C37H39Cl2N3O7S. The number of esters is 2. The molecule has 5 heterocycles. The van der Waals surface area contributed by atoms with Crippen LogP contribution in [-0.2, 0) is 38.4 Å². The number of carbonyl (C=O) groups excluding carboxylic acids is 2. The predicted octanol–water partition coefficient (Wildman–Crippen LogP) is 6.24. The van der Waals surface area contributed by atoms with Crippen LogP contribution < -0.4 is 19.5 Å². The summed E-state index contributed by atoms with van der Waals surface area (Å²) < 4.78 is 23.5. The van der Waals surface area contributed by atoms with E-state index in [0.717, 1.165) is 47.8 Å². The molecule has 50 heavy (non-hydrogen) atoms. The van der Waals surface area contributed by atoms with Crippen LogP contribution in [0.1, 0.15) is 51.4 Å². The molecule has 3 atom stereocenters. The number of hydrogen-bond donors (Lipinski definition) is 1. The number of fused-ring (bicyclic) bond motifs is 3. The lowest BCUT2D eigenvalue weighted by Crippen LogP contribution is -2.52. The van der Waals surface area contributed by atoms with Crippen molar-refractivity contribution in [2.75, 3.05) is 33.9 Å². The Labute approximate surface area is 305 Å². The normalized spacial score (nSPS) is 19.4. The highest BCUT2D eigenvalue weighted by Gasteiger charge is 2.38. The zero-order chi connectivity index (χ0) is 35.2. The molecular weight excluding hydrogens is 701 g/mol. The molecule has 264 valence electrons. The van der Waals surface area contributed by atoms with Crippen LogP contribution in [0.15, 0.2) is 73.1 Å². The van der Waals surface area contributed by atoms with E-state index in [9.17, 15) is 14.8 Å². The minimum Gasteiger partial charge on any atom is -0.619 e. The number of methoxy groups -OCH3 is 2. The third-order valence-electron chi connectivity index (χ3n) is 9.25. The van der Waals surface area contributed by atoms with Crippen LogP contribution in [0.2, 0.25) is 10.0 Å². The molecule has 7 rings (SSSR count). The fraction of sp³-hybridized carbons (Fsp3) is 0.378. The molecule has 0 aliphatic carbocycles. The number of nitrogens with one attached hydrogen (secondary N) is 1. The second-order valence-electron chi connectivity index (χ2n) is 12.5. The average molecular weight is 741 g/mol. The first-order valence-corrected chi connectivity index (χ1v) is 18.0. The number of rotatable bonds is 14. The van der Waals surface area contributed by atoms with Crippen molar-refractivity contribution in [1.29, 1.82) is 0 Å².